The quantitative estimate of drug-likeness (QED) is 0.607. The number of hydrogen-bond donors (Lipinski definition) is 1. The van der Waals surface area contributed by atoms with Gasteiger partial charge in [-0.1, -0.05) is 36.4 Å². The molecule has 1 N–H and O–H groups in total. The highest BCUT2D eigenvalue weighted by Gasteiger charge is 2.16. The average Bonchev–Trinajstić information content (AvgIpc) is 3.13. The first-order valence-electron chi connectivity index (χ1n) is 10.0. The van der Waals surface area contributed by atoms with Gasteiger partial charge in [-0.05, 0) is 37.0 Å². The Kier molecular flexibility index (Phi) is 6.39. The van der Waals surface area contributed by atoms with Crippen LogP contribution in [0.1, 0.15) is 11.4 Å². The second-order valence-electron chi connectivity index (χ2n) is 7.45. The van der Waals surface area contributed by atoms with Crippen molar-refractivity contribution in [2.24, 2.45) is 0 Å². The van der Waals surface area contributed by atoms with E-state index in [9.17, 15) is 0 Å². The van der Waals surface area contributed by atoms with E-state index in [1.165, 1.54) is 0 Å². The van der Waals surface area contributed by atoms with Crippen LogP contribution in [0.2, 0.25) is 0 Å². The number of aromatic nitrogens is 3. The number of ether oxygens (including phenoxy) is 1. The summed E-state index contributed by atoms with van der Waals surface area (Å²) in [6.07, 6.45) is 0.853. The van der Waals surface area contributed by atoms with Gasteiger partial charge in [0, 0.05) is 45.2 Å². The Morgan fingerprint density at radius 3 is 2.62 bits per heavy atom. The maximum atomic E-state index is 5.98. The molecule has 152 valence electrons. The van der Waals surface area contributed by atoms with Gasteiger partial charge in [-0.2, -0.15) is 5.10 Å². The van der Waals surface area contributed by atoms with E-state index in [0.29, 0.717) is 11.4 Å². The van der Waals surface area contributed by atoms with Crippen molar-refractivity contribution in [3.63, 3.8) is 0 Å². The van der Waals surface area contributed by atoms with E-state index < -0.39 is 0 Å². The minimum absolute atomic E-state index is 0.539. The van der Waals surface area contributed by atoms with Gasteiger partial charge < -0.3 is 14.5 Å². The van der Waals surface area contributed by atoms with Crippen LogP contribution in [0.15, 0.2) is 54.6 Å². The van der Waals surface area contributed by atoms with Crippen molar-refractivity contribution in [3.8, 4) is 11.4 Å². The highest BCUT2D eigenvalue weighted by atomic mass is 32.1. The molecule has 1 fully saturated rings. The molecule has 2 aromatic carbocycles. The molecule has 0 amide bonds. The smallest absolute Gasteiger partial charge is 0.199 e. The van der Waals surface area contributed by atoms with Gasteiger partial charge in [0.15, 0.2) is 4.77 Å². The molecule has 29 heavy (non-hydrogen) atoms. The summed E-state index contributed by atoms with van der Waals surface area (Å²) in [7, 11) is 2.18. The van der Waals surface area contributed by atoms with Gasteiger partial charge in [0.2, 0.25) is 0 Å². The largest absolute Gasteiger partial charge is 0.489 e. The molecule has 2 heterocycles. The van der Waals surface area contributed by atoms with E-state index in [2.05, 4.69) is 39.2 Å². The van der Waals surface area contributed by atoms with Crippen molar-refractivity contribution < 1.29 is 4.74 Å². The van der Waals surface area contributed by atoms with E-state index in [-0.39, 0.29) is 0 Å². The van der Waals surface area contributed by atoms with Crippen LogP contribution in [0.25, 0.3) is 5.69 Å². The number of nitrogens with zero attached hydrogens (tertiary/aromatic N) is 4. The fourth-order valence-corrected chi connectivity index (χ4v) is 3.80. The number of likely N-dealkylation sites (N-methyl/N-ethyl adjacent to an activating group) is 1. The SMILES string of the molecule is CN1CCN(CCc2n[nH]c(=S)n2-c2cccc(OCc3ccccc3)c2)CC1. The molecular formula is C22H27N5OS. The van der Waals surface area contributed by atoms with Gasteiger partial charge in [-0.25, -0.2) is 0 Å². The van der Waals surface area contributed by atoms with Crippen LogP contribution in [-0.4, -0.2) is 64.3 Å². The molecule has 1 aromatic heterocycles. The van der Waals surface area contributed by atoms with E-state index in [0.717, 1.165) is 62.0 Å². The fraction of sp³-hybridized carbons (Fsp3) is 0.364. The summed E-state index contributed by atoms with van der Waals surface area (Å²) in [5, 5.41) is 7.44. The van der Waals surface area contributed by atoms with Crippen LogP contribution in [0.3, 0.4) is 0 Å². The molecule has 0 bridgehead atoms. The van der Waals surface area contributed by atoms with E-state index in [1.807, 2.05) is 47.0 Å². The molecule has 1 saturated heterocycles. The van der Waals surface area contributed by atoms with Crippen LogP contribution >= 0.6 is 12.2 Å². The van der Waals surface area contributed by atoms with E-state index >= 15 is 0 Å². The summed E-state index contributed by atoms with van der Waals surface area (Å²) in [5.41, 5.74) is 2.12. The number of rotatable bonds is 7. The third-order valence-corrected chi connectivity index (χ3v) is 5.59. The topological polar surface area (TPSA) is 49.3 Å². The van der Waals surface area contributed by atoms with Crippen molar-refractivity contribution in [3.05, 3.63) is 70.8 Å². The summed E-state index contributed by atoms with van der Waals surface area (Å²) in [5.74, 6) is 1.77. The number of aromatic amines is 1. The lowest BCUT2D eigenvalue weighted by Crippen LogP contribution is -2.45. The number of H-pyrrole nitrogens is 1. The second-order valence-corrected chi connectivity index (χ2v) is 7.83. The lowest BCUT2D eigenvalue weighted by molar-refractivity contribution is 0.155. The zero-order chi connectivity index (χ0) is 20.1. The van der Waals surface area contributed by atoms with Gasteiger partial charge in [0.1, 0.15) is 18.2 Å². The number of hydrogen-bond acceptors (Lipinski definition) is 5. The molecule has 7 heteroatoms. The van der Waals surface area contributed by atoms with Crippen LogP contribution in [0.4, 0.5) is 0 Å². The standard InChI is InChI=1S/C22H27N5OS/c1-25-12-14-26(15-13-25)11-10-21-23-24-22(29)27(21)19-8-5-9-20(16-19)28-17-18-6-3-2-4-7-18/h2-9,16H,10-15,17H2,1H3,(H,24,29). The van der Waals surface area contributed by atoms with Gasteiger partial charge in [0.25, 0.3) is 0 Å². The molecule has 0 unspecified atom stereocenters. The highest BCUT2D eigenvalue weighted by Crippen LogP contribution is 2.20. The zero-order valence-corrected chi connectivity index (χ0v) is 17.6. The molecule has 1 aliphatic heterocycles. The summed E-state index contributed by atoms with van der Waals surface area (Å²) >= 11 is 5.51. The van der Waals surface area contributed by atoms with Crippen LogP contribution in [0, 0.1) is 4.77 Å². The predicted molar refractivity (Wildman–Crippen MR) is 117 cm³/mol. The minimum atomic E-state index is 0.539. The van der Waals surface area contributed by atoms with Crippen LogP contribution in [0.5, 0.6) is 5.75 Å². The van der Waals surface area contributed by atoms with Crippen molar-refractivity contribution >= 4 is 12.2 Å². The maximum absolute atomic E-state index is 5.98. The Morgan fingerprint density at radius 1 is 1.03 bits per heavy atom. The van der Waals surface area contributed by atoms with Crippen LogP contribution in [-0.2, 0) is 13.0 Å². The predicted octanol–water partition coefficient (Wildman–Crippen LogP) is 3.30. The fourth-order valence-electron chi connectivity index (χ4n) is 3.55. The molecule has 1 aliphatic rings. The van der Waals surface area contributed by atoms with E-state index in [4.69, 9.17) is 17.0 Å². The highest BCUT2D eigenvalue weighted by molar-refractivity contribution is 7.71. The molecule has 0 radical (unpaired) electrons. The molecule has 0 atom stereocenters. The third kappa shape index (κ3) is 5.12. The van der Waals surface area contributed by atoms with Crippen molar-refractivity contribution in [2.45, 2.75) is 13.0 Å². The molecular weight excluding hydrogens is 382 g/mol. The zero-order valence-electron chi connectivity index (χ0n) is 16.8. The number of benzene rings is 2. The number of nitrogens with one attached hydrogen (secondary N) is 1. The Bertz CT molecular complexity index is 976. The van der Waals surface area contributed by atoms with E-state index in [1.54, 1.807) is 0 Å². The van der Waals surface area contributed by atoms with Gasteiger partial charge in [-0.3, -0.25) is 9.67 Å². The first-order chi connectivity index (χ1) is 14.2. The molecule has 0 spiro atoms. The van der Waals surface area contributed by atoms with Crippen molar-refractivity contribution in [2.75, 3.05) is 39.8 Å². The van der Waals surface area contributed by atoms with Gasteiger partial charge in [-0.15, -0.1) is 0 Å². The molecule has 6 nitrogen and oxygen atoms in total. The first kappa shape index (κ1) is 19.8. The summed E-state index contributed by atoms with van der Waals surface area (Å²) in [4.78, 5) is 4.86. The molecule has 3 aromatic rings. The average molecular weight is 410 g/mol. The van der Waals surface area contributed by atoms with Crippen molar-refractivity contribution in [1.82, 2.24) is 24.6 Å². The third-order valence-electron chi connectivity index (χ3n) is 5.31. The summed E-state index contributed by atoms with van der Waals surface area (Å²) in [6, 6.07) is 18.2. The van der Waals surface area contributed by atoms with Crippen molar-refractivity contribution in [1.29, 1.82) is 0 Å². The number of piperazine rings is 1. The lowest BCUT2D eigenvalue weighted by Gasteiger charge is -2.32. The Balaban J connectivity index is 1.45. The minimum Gasteiger partial charge on any atom is -0.489 e. The first-order valence-corrected chi connectivity index (χ1v) is 10.4. The molecule has 0 saturated carbocycles. The normalized spacial score (nSPS) is 15.5. The lowest BCUT2D eigenvalue weighted by atomic mass is 10.2. The molecule has 0 aliphatic carbocycles. The Morgan fingerprint density at radius 2 is 1.83 bits per heavy atom. The van der Waals surface area contributed by atoms with Gasteiger partial charge >= 0.3 is 0 Å². The monoisotopic (exact) mass is 409 g/mol. The second kappa shape index (κ2) is 9.35. The Hall–Kier alpha value is -2.48. The summed E-state index contributed by atoms with van der Waals surface area (Å²) in [6.45, 7) is 5.96. The van der Waals surface area contributed by atoms with Crippen LogP contribution < -0.4 is 4.74 Å². The maximum Gasteiger partial charge on any atom is 0.199 e. The van der Waals surface area contributed by atoms with Gasteiger partial charge in [0.05, 0.1) is 5.69 Å². The molecule has 4 rings (SSSR count). The summed E-state index contributed by atoms with van der Waals surface area (Å²) < 4.78 is 8.61. The Labute approximate surface area is 176 Å².